The van der Waals surface area contributed by atoms with E-state index in [2.05, 4.69) is 25.7 Å². The van der Waals surface area contributed by atoms with E-state index in [-0.39, 0.29) is 0 Å². The monoisotopic (exact) mass is 200 g/mol. The predicted octanol–water partition coefficient (Wildman–Crippen LogP) is 2.48. The van der Waals surface area contributed by atoms with E-state index >= 15 is 0 Å². The molecule has 2 N–H and O–H groups in total. The van der Waals surface area contributed by atoms with Gasteiger partial charge in [-0.3, -0.25) is 0 Å². The van der Waals surface area contributed by atoms with Gasteiger partial charge < -0.3 is 10.6 Å². The third-order valence-corrected chi connectivity index (χ3v) is 2.38. The second-order valence-electron chi connectivity index (χ2n) is 4.54. The molecular weight excluding hydrogens is 172 g/mol. The maximum absolute atomic E-state index is 5.54. The fourth-order valence-corrected chi connectivity index (χ4v) is 1.71. The topological polar surface area (TPSA) is 29.3 Å². The molecule has 0 aromatic heterocycles. The third kappa shape index (κ3) is 8.52. The van der Waals surface area contributed by atoms with Crippen LogP contribution in [0.1, 0.15) is 46.5 Å². The molecule has 2 heteroatoms. The Morgan fingerprint density at radius 1 is 1.07 bits per heavy atom. The number of hydrogen-bond donors (Lipinski definition) is 1. The van der Waals surface area contributed by atoms with E-state index in [4.69, 9.17) is 5.73 Å². The van der Waals surface area contributed by atoms with Crippen LogP contribution in [0.5, 0.6) is 0 Å². The van der Waals surface area contributed by atoms with Crippen molar-refractivity contribution in [1.29, 1.82) is 0 Å². The highest BCUT2D eigenvalue weighted by molar-refractivity contribution is 4.60. The fraction of sp³-hybridized carbons (Fsp3) is 1.00. The molecule has 14 heavy (non-hydrogen) atoms. The Morgan fingerprint density at radius 2 is 1.71 bits per heavy atom. The lowest BCUT2D eigenvalue weighted by Gasteiger charge is -2.23. The van der Waals surface area contributed by atoms with Gasteiger partial charge in [-0.05, 0) is 38.4 Å². The van der Waals surface area contributed by atoms with Crippen LogP contribution in [0, 0.1) is 5.92 Å². The lowest BCUT2D eigenvalue weighted by atomic mass is 10.2. The molecule has 0 aromatic rings. The molecule has 0 saturated carbocycles. The molecule has 0 heterocycles. The quantitative estimate of drug-likeness (QED) is 0.579. The highest BCUT2D eigenvalue weighted by Crippen LogP contribution is 2.03. The molecule has 0 amide bonds. The van der Waals surface area contributed by atoms with Crippen LogP contribution < -0.4 is 5.73 Å². The molecule has 0 fully saturated rings. The minimum atomic E-state index is 0.773. The zero-order valence-corrected chi connectivity index (χ0v) is 10.3. The second-order valence-corrected chi connectivity index (χ2v) is 4.54. The summed E-state index contributed by atoms with van der Waals surface area (Å²) in [6.07, 6.45) is 5.15. The first-order chi connectivity index (χ1) is 6.70. The van der Waals surface area contributed by atoms with Crippen molar-refractivity contribution in [3.8, 4) is 0 Å². The molecule has 2 nitrogen and oxygen atoms in total. The summed E-state index contributed by atoms with van der Waals surface area (Å²) < 4.78 is 0. The number of hydrogen-bond acceptors (Lipinski definition) is 2. The summed E-state index contributed by atoms with van der Waals surface area (Å²) in [5, 5.41) is 0. The van der Waals surface area contributed by atoms with Crippen LogP contribution in [0.25, 0.3) is 0 Å². The molecule has 0 aliphatic heterocycles. The highest BCUT2D eigenvalue weighted by atomic mass is 15.1. The largest absolute Gasteiger partial charge is 0.330 e. The predicted molar refractivity (Wildman–Crippen MR) is 64.5 cm³/mol. The molecule has 0 atom stereocenters. The Kier molecular flexibility index (Phi) is 9.42. The molecule has 0 aliphatic rings. The van der Waals surface area contributed by atoms with Crippen molar-refractivity contribution >= 4 is 0 Å². The van der Waals surface area contributed by atoms with Crippen LogP contribution in [0.15, 0.2) is 0 Å². The van der Waals surface area contributed by atoms with Gasteiger partial charge in [0, 0.05) is 6.54 Å². The van der Waals surface area contributed by atoms with Gasteiger partial charge in [0.15, 0.2) is 0 Å². The first-order valence-corrected chi connectivity index (χ1v) is 6.13. The van der Waals surface area contributed by atoms with Gasteiger partial charge in [0.1, 0.15) is 0 Å². The normalized spacial score (nSPS) is 11.6. The maximum Gasteiger partial charge on any atom is 0.000439 e. The van der Waals surface area contributed by atoms with E-state index in [1.807, 2.05) is 0 Å². The van der Waals surface area contributed by atoms with Gasteiger partial charge in [-0.25, -0.2) is 0 Å². The number of unbranched alkanes of at least 4 members (excludes halogenated alkanes) is 2. The molecule has 0 rings (SSSR count). The highest BCUT2D eigenvalue weighted by Gasteiger charge is 2.05. The summed E-state index contributed by atoms with van der Waals surface area (Å²) in [5.41, 5.74) is 5.54. The van der Waals surface area contributed by atoms with E-state index in [0.717, 1.165) is 18.9 Å². The fourth-order valence-electron chi connectivity index (χ4n) is 1.71. The van der Waals surface area contributed by atoms with Crippen LogP contribution in [0.2, 0.25) is 0 Å². The molecule has 86 valence electrons. The zero-order valence-electron chi connectivity index (χ0n) is 10.3. The Labute approximate surface area is 89.9 Å². The summed E-state index contributed by atoms with van der Waals surface area (Å²) in [6.45, 7) is 11.3. The lowest BCUT2D eigenvalue weighted by molar-refractivity contribution is 0.238. The Morgan fingerprint density at radius 3 is 2.21 bits per heavy atom. The van der Waals surface area contributed by atoms with Crippen LogP contribution in [0.4, 0.5) is 0 Å². The Balaban J connectivity index is 3.61. The van der Waals surface area contributed by atoms with E-state index in [1.165, 1.54) is 38.9 Å². The van der Waals surface area contributed by atoms with Gasteiger partial charge in [0.05, 0.1) is 0 Å². The van der Waals surface area contributed by atoms with Gasteiger partial charge in [-0.1, -0.05) is 33.6 Å². The standard InChI is InChI=1S/C12H28N2/c1-4-5-6-9-14(10-7-8-13)11-12(2)3/h12H,4-11,13H2,1-3H3. The molecule has 0 bridgehead atoms. The van der Waals surface area contributed by atoms with E-state index < -0.39 is 0 Å². The summed E-state index contributed by atoms with van der Waals surface area (Å²) in [4.78, 5) is 2.56. The van der Waals surface area contributed by atoms with Crippen molar-refractivity contribution in [2.45, 2.75) is 46.5 Å². The second kappa shape index (κ2) is 9.47. The summed E-state index contributed by atoms with van der Waals surface area (Å²) in [7, 11) is 0. The van der Waals surface area contributed by atoms with Crippen molar-refractivity contribution in [2.24, 2.45) is 11.7 Å². The Hall–Kier alpha value is -0.0800. The Bertz CT molecular complexity index is 113. The van der Waals surface area contributed by atoms with Crippen molar-refractivity contribution in [3.05, 3.63) is 0 Å². The maximum atomic E-state index is 5.54. The SMILES string of the molecule is CCCCCN(CCCN)CC(C)C. The van der Waals surface area contributed by atoms with Crippen molar-refractivity contribution in [1.82, 2.24) is 4.90 Å². The van der Waals surface area contributed by atoms with Crippen molar-refractivity contribution in [3.63, 3.8) is 0 Å². The van der Waals surface area contributed by atoms with Crippen LogP contribution in [-0.2, 0) is 0 Å². The average molecular weight is 200 g/mol. The smallest absolute Gasteiger partial charge is 0.000439 e. The molecule has 0 aliphatic carbocycles. The molecule has 0 saturated heterocycles. The minimum Gasteiger partial charge on any atom is -0.330 e. The zero-order chi connectivity index (χ0) is 10.8. The molecular formula is C12H28N2. The van der Waals surface area contributed by atoms with Gasteiger partial charge in [-0.2, -0.15) is 0 Å². The molecule has 0 unspecified atom stereocenters. The van der Waals surface area contributed by atoms with Crippen LogP contribution in [-0.4, -0.2) is 31.1 Å². The molecule has 0 spiro atoms. The van der Waals surface area contributed by atoms with Gasteiger partial charge in [0.2, 0.25) is 0 Å². The minimum absolute atomic E-state index is 0.773. The summed E-state index contributed by atoms with van der Waals surface area (Å²) >= 11 is 0. The average Bonchev–Trinajstić information content (AvgIpc) is 2.13. The van der Waals surface area contributed by atoms with E-state index in [1.54, 1.807) is 0 Å². The molecule has 0 radical (unpaired) electrons. The molecule has 0 aromatic carbocycles. The van der Waals surface area contributed by atoms with Gasteiger partial charge >= 0.3 is 0 Å². The van der Waals surface area contributed by atoms with Crippen molar-refractivity contribution < 1.29 is 0 Å². The summed E-state index contributed by atoms with van der Waals surface area (Å²) in [5.74, 6) is 0.773. The third-order valence-electron chi connectivity index (χ3n) is 2.38. The van der Waals surface area contributed by atoms with E-state index in [9.17, 15) is 0 Å². The first-order valence-electron chi connectivity index (χ1n) is 6.13. The first kappa shape index (κ1) is 13.9. The van der Waals surface area contributed by atoms with E-state index in [0.29, 0.717) is 0 Å². The lowest BCUT2D eigenvalue weighted by Crippen LogP contribution is -2.31. The van der Waals surface area contributed by atoms with Crippen LogP contribution in [0.3, 0.4) is 0 Å². The van der Waals surface area contributed by atoms with Gasteiger partial charge in [-0.15, -0.1) is 0 Å². The number of rotatable bonds is 9. The van der Waals surface area contributed by atoms with Gasteiger partial charge in [0.25, 0.3) is 0 Å². The summed E-state index contributed by atoms with van der Waals surface area (Å²) in [6, 6.07) is 0. The number of nitrogens with zero attached hydrogens (tertiary/aromatic N) is 1. The van der Waals surface area contributed by atoms with Crippen molar-refractivity contribution in [2.75, 3.05) is 26.2 Å². The number of nitrogens with two attached hydrogens (primary N) is 1. The van der Waals surface area contributed by atoms with Crippen LogP contribution >= 0.6 is 0 Å².